The molecular weight excluding hydrogens is 338 g/mol. The molecule has 0 bridgehead atoms. The van der Waals surface area contributed by atoms with Gasteiger partial charge in [-0.15, -0.1) is 10.2 Å². The van der Waals surface area contributed by atoms with Gasteiger partial charge in [0.05, 0.1) is 0 Å². The Morgan fingerprint density at radius 1 is 1.19 bits per heavy atom. The molecule has 27 heavy (non-hydrogen) atoms. The van der Waals surface area contributed by atoms with Crippen molar-refractivity contribution in [2.75, 3.05) is 7.11 Å². The third-order valence-corrected chi connectivity index (χ3v) is 5.30. The van der Waals surface area contributed by atoms with Crippen LogP contribution in [-0.2, 0) is 17.7 Å². The van der Waals surface area contributed by atoms with Crippen molar-refractivity contribution in [1.29, 1.82) is 0 Å². The van der Waals surface area contributed by atoms with Crippen molar-refractivity contribution in [3.8, 4) is 0 Å². The maximum absolute atomic E-state index is 5.44. The highest BCUT2D eigenvalue weighted by Crippen LogP contribution is 2.42. The molecule has 1 unspecified atom stereocenters. The summed E-state index contributed by atoms with van der Waals surface area (Å²) in [5.74, 6) is 1.87. The van der Waals surface area contributed by atoms with Crippen LogP contribution in [0.15, 0.2) is 45.5 Å². The maximum Gasteiger partial charge on any atom is 0.216 e. The van der Waals surface area contributed by atoms with Gasteiger partial charge in [-0.3, -0.25) is 0 Å². The van der Waals surface area contributed by atoms with Crippen LogP contribution in [0.25, 0.3) is 5.57 Å². The van der Waals surface area contributed by atoms with Crippen molar-refractivity contribution in [2.24, 2.45) is 11.1 Å². The van der Waals surface area contributed by atoms with E-state index in [4.69, 9.17) is 9.25 Å². The van der Waals surface area contributed by atoms with E-state index in [0.717, 1.165) is 43.7 Å². The highest BCUT2D eigenvalue weighted by Gasteiger charge is 2.31. The summed E-state index contributed by atoms with van der Waals surface area (Å²) >= 11 is 0. The van der Waals surface area contributed by atoms with E-state index in [2.05, 4.69) is 52.6 Å². The Morgan fingerprint density at radius 2 is 2.04 bits per heavy atom. The molecule has 0 spiro atoms. The van der Waals surface area contributed by atoms with Gasteiger partial charge in [-0.2, -0.15) is 0 Å². The molecule has 2 aromatic rings. The minimum Gasteiger partial charge on any atom is -0.426 e. The summed E-state index contributed by atoms with van der Waals surface area (Å²) in [6, 6.07) is 6.79. The van der Waals surface area contributed by atoms with E-state index in [1.54, 1.807) is 7.11 Å². The summed E-state index contributed by atoms with van der Waals surface area (Å²) in [5, 5.41) is 12.3. The Labute approximate surface area is 159 Å². The first kappa shape index (κ1) is 17.7. The lowest BCUT2D eigenvalue weighted by molar-refractivity contribution is 0.214. The fourth-order valence-electron chi connectivity index (χ4n) is 4.04. The molecule has 0 radical (unpaired) electrons. The van der Waals surface area contributed by atoms with Gasteiger partial charge in [0, 0.05) is 24.5 Å². The number of hydrogen-bond donors (Lipinski definition) is 0. The molecule has 0 N–H and O–H groups in total. The van der Waals surface area contributed by atoms with Crippen LogP contribution in [-0.4, -0.2) is 23.0 Å². The fraction of sp³-hybridized carbons (Fsp3) is 0.409. The van der Waals surface area contributed by atoms with Crippen LogP contribution in [0.1, 0.15) is 54.7 Å². The average molecular weight is 363 g/mol. The Bertz CT molecular complexity index is 937. The Kier molecular flexibility index (Phi) is 4.92. The molecule has 1 aromatic carbocycles. The van der Waals surface area contributed by atoms with Crippen LogP contribution >= 0.6 is 0 Å². The first-order valence-electron chi connectivity index (χ1n) is 9.62. The van der Waals surface area contributed by atoms with Crippen LogP contribution < -0.4 is 0 Å². The number of benzene rings is 1. The monoisotopic (exact) mass is 363 g/mol. The lowest BCUT2D eigenvalue weighted by Gasteiger charge is -2.17. The zero-order valence-electron chi connectivity index (χ0n) is 16.2. The second kappa shape index (κ2) is 7.51. The second-order valence-electron chi connectivity index (χ2n) is 7.29. The van der Waals surface area contributed by atoms with Crippen LogP contribution in [0.3, 0.4) is 0 Å². The number of unbranched alkanes of at least 4 members (excludes halogenated alkanes) is 1. The van der Waals surface area contributed by atoms with E-state index in [0.29, 0.717) is 11.8 Å². The number of rotatable bonds is 6. The van der Waals surface area contributed by atoms with E-state index >= 15 is 0 Å². The van der Waals surface area contributed by atoms with Gasteiger partial charge in [-0.25, -0.2) is 0 Å². The van der Waals surface area contributed by atoms with E-state index < -0.39 is 0 Å². The molecule has 0 fully saturated rings. The highest BCUT2D eigenvalue weighted by atomic mass is 16.6. The molecule has 0 saturated carbocycles. The van der Waals surface area contributed by atoms with Gasteiger partial charge in [-0.1, -0.05) is 36.4 Å². The van der Waals surface area contributed by atoms with Gasteiger partial charge in [-0.05, 0) is 54.4 Å². The number of aromatic nitrogens is 2. The van der Waals surface area contributed by atoms with Crippen molar-refractivity contribution in [2.45, 2.75) is 46.0 Å². The second-order valence-corrected chi connectivity index (χ2v) is 7.29. The van der Waals surface area contributed by atoms with Gasteiger partial charge in [0.25, 0.3) is 0 Å². The van der Waals surface area contributed by atoms with Gasteiger partial charge in [0.1, 0.15) is 12.8 Å². The van der Waals surface area contributed by atoms with Gasteiger partial charge < -0.3 is 9.25 Å². The van der Waals surface area contributed by atoms with Crippen molar-refractivity contribution in [1.82, 2.24) is 10.2 Å². The van der Waals surface area contributed by atoms with Crippen molar-refractivity contribution >= 4 is 11.3 Å². The summed E-state index contributed by atoms with van der Waals surface area (Å²) < 4.78 is 5.44. The number of fused-ring (bicyclic) bond motifs is 2. The summed E-state index contributed by atoms with van der Waals surface area (Å²) in [4.78, 5) is 5.15. The van der Waals surface area contributed by atoms with E-state index in [1.807, 2.05) is 6.92 Å². The van der Waals surface area contributed by atoms with Gasteiger partial charge >= 0.3 is 0 Å². The van der Waals surface area contributed by atoms with Crippen LogP contribution in [0.2, 0.25) is 0 Å². The lowest BCUT2D eigenvalue weighted by Crippen LogP contribution is -2.04. The summed E-state index contributed by atoms with van der Waals surface area (Å²) in [7, 11) is 1.62. The smallest absolute Gasteiger partial charge is 0.216 e. The number of allylic oxidation sites excluding steroid dienone is 4. The molecule has 4 rings (SSSR count). The molecule has 2 aliphatic rings. The first-order chi connectivity index (χ1) is 13.2. The first-order valence-corrected chi connectivity index (χ1v) is 9.62. The molecule has 0 amide bonds. The van der Waals surface area contributed by atoms with Gasteiger partial charge in [0.15, 0.2) is 0 Å². The average Bonchev–Trinajstić information content (AvgIpc) is 3.21. The quantitative estimate of drug-likeness (QED) is 0.553. The minimum absolute atomic E-state index is 0.511. The molecule has 1 atom stereocenters. The number of oxime groups is 1. The van der Waals surface area contributed by atoms with Crippen molar-refractivity contribution in [3.63, 3.8) is 0 Å². The molecule has 1 heterocycles. The summed E-state index contributed by atoms with van der Waals surface area (Å²) in [6.45, 7) is 4.11. The summed E-state index contributed by atoms with van der Waals surface area (Å²) in [5.41, 5.74) is 7.42. The molecule has 2 aliphatic carbocycles. The van der Waals surface area contributed by atoms with E-state index in [1.165, 1.54) is 27.8 Å². The van der Waals surface area contributed by atoms with Crippen LogP contribution in [0, 0.1) is 12.8 Å². The maximum atomic E-state index is 5.44. The minimum atomic E-state index is 0.511. The zero-order valence-corrected chi connectivity index (χ0v) is 16.2. The molecule has 0 aliphatic heterocycles. The zero-order chi connectivity index (χ0) is 18.8. The summed E-state index contributed by atoms with van der Waals surface area (Å²) in [6.07, 6.45) is 9.49. The fourth-order valence-corrected chi connectivity index (χ4v) is 4.04. The number of aryl methyl sites for hydroxylation is 3. The lowest BCUT2D eigenvalue weighted by atomic mass is 9.87. The number of hydrogen-bond acceptors (Lipinski definition) is 5. The SMILES string of the molecule is CO/N=C1/C2=C(c3ccc(CCCCc4nnc(C)o4)cc31)C(C)CC=C2. The standard InChI is InChI=1S/C22H25N3O2/c1-14-7-6-9-18-21(14)17-12-11-16(13-19(17)22(18)25-26-3)8-4-5-10-20-24-23-15(2)27-20/h6,9,11-14H,4-5,7-8,10H2,1-3H3/b25-22-. The van der Waals surface area contributed by atoms with E-state index in [9.17, 15) is 0 Å². The predicted octanol–water partition coefficient (Wildman–Crippen LogP) is 4.66. The Morgan fingerprint density at radius 3 is 2.81 bits per heavy atom. The molecule has 0 saturated heterocycles. The number of nitrogens with zero attached hydrogens (tertiary/aromatic N) is 3. The predicted molar refractivity (Wildman–Crippen MR) is 106 cm³/mol. The topological polar surface area (TPSA) is 60.5 Å². The van der Waals surface area contributed by atoms with Gasteiger partial charge in [0.2, 0.25) is 11.8 Å². The highest BCUT2D eigenvalue weighted by molar-refractivity contribution is 6.25. The molecular formula is C22H25N3O2. The van der Waals surface area contributed by atoms with Crippen molar-refractivity contribution < 1.29 is 9.25 Å². The third-order valence-electron chi connectivity index (χ3n) is 5.30. The molecule has 5 nitrogen and oxygen atoms in total. The van der Waals surface area contributed by atoms with E-state index in [-0.39, 0.29) is 0 Å². The largest absolute Gasteiger partial charge is 0.426 e. The third kappa shape index (κ3) is 3.46. The van der Waals surface area contributed by atoms with Crippen LogP contribution in [0.4, 0.5) is 0 Å². The molecule has 1 aromatic heterocycles. The Hall–Kier alpha value is -2.69. The van der Waals surface area contributed by atoms with Crippen molar-refractivity contribution in [3.05, 3.63) is 64.4 Å². The molecule has 5 heteroatoms. The Balaban J connectivity index is 1.48. The molecule has 140 valence electrons. The normalized spacial score (nSPS) is 19.5. The van der Waals surface area contributed by atoms with Crippen LogP contribution in [0.5, 0.6) is 0 Å².